The largest absolute Gasteiger partial charge is 0.338 e. The van der Waals surface area contributed by atoms with Crippen molar-refractivity contribution in [2.75, 3.05) is 7.05 Å². The first kappa shape index (κ1) is 14.5. The lowest BCUT2D eigenvalue weighted by molar-refractivity contribution is -0.138. The van der Waals surface area contributed by atoms with Crippen LogP contribution in [0.1, 0.15) is 32.4 Å². The molecule has 0 N–H and O–H groups in total. The number of carbonyl (C=O) groups is 1. The van der Waals surface area contributed by atoms with Crippen molar-refractivity contribution in [2.24, 2.45) is 5.41 Å². The predicted molar refractivity (Wildman–Crippen MR) is 72.0 cm³/mol. The first-order valence-corrected chi connectivity index (χ1v) is 6.12. The topological polar surface area (TPSA) is 44.1 Å². The van der Waals surface area contributed by atoms with E-state index in [0.29, 0.717) is 5.02 Å². The number of benzene rings is 1. The molecule has 0 spiro atoms. The van der Waals surface area contributed by atoms with Crippen LogP contribution in [0.2, 0.25) is 5.02 Å². The van der Waals surface area contributed by atoms with Crippen molar-refractivity contribution in [3.8, 4) is 6.07 Å². The Balaban J connectivity index is 2.99. The molecule has 1 aromatic carbocycles. The first-order chi connectivity index (χ1) is 8.31. The fourth-order valence-electron chi connectivity index (χ4n) is 1.69. The van der Waals surface area contributed by atoms with Crippen LogP contribution in [0.4, 0.5) is 0 Å². The lowest BCUT2D eigenvalue weighted by atomic mass is 9.92. The monoisotopic (exact) mass is 264 g/mol. The second-order valence-electron chi connectivity index (χ2n) is 4.85. The van der Waals surface area contributed by atoms with E-state index in [9.17, 15) is 4.79 Å². The van der Waals surface area contributed by atoms with Gasteiger partial charge in [-0.3, -0.25) is 4.79 Å². The third kappa shape index (κ3) is 2.83. The predicted octanol–water partition coefficient (Wildman–Crippen LogP) is 3.41. The Kier molecular flexibility index (Phi) is 4.37. The molecule has 0 bridgehead atoms. The maximum atomic E-state index is 12.2. The summed E-state index contributed by atoms with van der Waals surface area (Å²) < 4.78 is 0. The standard InChI is InChI=1S/C14H17ClN2O/c1-10(11-7-5-6-8-12(11)15)17(4)13(18)14(2,3)9-16/h5-8,10H,1-4H3. The second-order valence-corrected chi connectivity index (χ2v) is 5.26. The Bertz CT molecular complexity index is 491. The van der Waals surface area contributed by atoms with Crippen molar-refractivity contribution >= 4 is 17.5 Å². The molecule has 1 amide bonds. The van der Waals surface area contributed by atoms with Gasteiger partial charge >= 0.3 is 0 Å². The van der Waals surface area contributed by atoms with Crippen LogP contribution >= 0.6 is 11.6 Å². The summed E-state index contributed by atoms with van der Waals surface area (Å²) in [5.74, 6) is -0.211. The van der Waals surface area contributed by atoms with Gasteiger partial charge in [0.05, 0.1) is 12.1 Å². The van der Waals surface area contributed by atoms with Gasteiger partial charge in [0, 0.05) is 12.1 Å². The van der Waals surface area contributed by atoms with Crippen LogP contribution in [0, 0.1) is 16.7 Å². The molecule has 0 aromatic heterocycles. The van der Waals surface area contributed by atoms with E-state index >= 15 is 0 Å². The quantitative estimate of drug-likeness (QED) is 0.840. The van der Waals surface area contributed by atoms with Crippen molar-refractivity contribution in [1.82, 2.24) is 4.90 Å². The molecular formula is C14H17ClN2O. The fraction of sp³-hybridized carbons (Fsp3) is 0.429. The normalized spacial score (nSPS) is 12.7. The van der Waals surface area contributed by atoms with Gasteiger partial charge in [0.25, 0.3) is 0 Å². The summed E-state index contributed by atoms with van der Waals surface area (Å²) >= 11 is 6.11. The lowest BCUT2D eigenvalue weighted by Gasteiger charge is -2.30. The molecule has 1 atom stereocenters. The van der Waals surface area contributed by atoms with Crippen LogP contribution < -0.4 is 0 Å². The van der Waals surface area contributed by atoms with Crippen LogP contribution in [0.3, 0.4) is 0 Å². The zero-order chi connectivity index (χ0) is 13.9. The summed E-state index contributed by atoms with van der Waals surface area (Å²) in [6.45, 7) is 5.13. The van der Waals surface area contributed by atoms with E-state index in [4.69, 9.17) is 16.9 Å². The zero-order valence-electron chi connectivity index (χ0n) is 11.1. The molecule has 1 aromatic rings. The first-order valence-electron chi connectivity index (χ1n) is 5.74. The van der Waals surface area contributed by atoms with Crippen molar-refractivity contribution < 1.29 is 4.79 Å². The van der Waals surface area contributed by atoms with Crippen molar-refractivity contribution in [3.63, 3.8) is 0 Å². The number of halogens is 1. The van der Waals surface area contributed by atoms with Crippen molar-refractivity contribution in [3.05, 3.63) is 34.9 Å². The van der Waals surface area contributed by atoms with Gasteiger partial charge in [-0.25, -0.2) is 0 Å². The van der Waals surface area contributed by atoms with Gasteiger partial charge < -0.3 is 4.90 Å². The Labute approximate surface area is 113 Å². The van der Waals surface area contributed by atoms with Crippen LogP contribution in [-0.4, -0.2) is 17.9 Å². The van der Waals surface area contributed by atoms with E-state index in [1.165, 1.54) is 0 Å². The van der Waals surface area contributed by atoms with Gasteiger partial charge in [0.1, 0.15) is 5.41 Å². The molecule has 0 saturated heterocycles. The van der Waals surface area contributed by atoms with Crippen LogP contribution in [-0.2, 0) is 4.79 Å². The van der Waals surface area contributed by atoms with Gasteiger partial charge in [0.15, 0.2) is 0 Å². The highest BCUT2D eigenvalue weighted by molar-refractivity contribution is 6.31. The summed E-state index contributed by atoms with van der Waals surface area (Å²) in [6, 6.07) is 9.26. The van der Waals surface area contributed by atoms with E-state index in [2.05, 4.69) is 0 Å². The third-order valence-electron chi connectivity index (χ3n) is 3.07. The Morgan fingerprint density at radius 2 is 2.00 bits per heavy atom. The summed E-state index contributed by atoms with van der Waals surface area (Å²) in [5, 5.41) is 9.62. The molecule has 1 rings (SSSR count). The van der Waals surface area contributed by atoms with Crippen LogP contribution in [0.15, 0.2) is 24.3 Å². The second kappa shape index (κ2) is 5.41. The third-order valence-corrected chi connectivity index (χ3v) is 3.41. The van der Waals surface area contributed by atoms with Gasteiger partial charge in [-0.2, -0.15) is 5.26 Å². The smallest absolute Gasteiger partial charge is 0.242 e. The number of amides is 1. The highest BCUT2D eigenvalue weighted by Crippen LogP contribution is 2.29. The van der Waals surface area contributed by atoms with E-state index < -0.39 is 5.41 Å². The Morgan fingerprint density at radius 1 is 1.44 bits per heavy atom. The number of rotatable bonds is 3. The summed E-state index contributed by atoms with van der Waals surface area (Å²) in [6.07, 6.45) is 0. The molecular weight excluding hydrogens is 248 g/mol. The number of nitrogens with zero attached hydrogens (tertiary/aromatic N) is 2. The minimum absolute atomic E-state index is 0.168. The SMILES string of the molecule is CC(c1ccccc1Cl)N(C)C(=O)C(C)(C)C#N. The van der Waals surface area contributed by atoms with Crippen LogP contribution in [0.5, 0.6) is 0 Å². The maximum Gasteiger partial charge on any atom is 0.242 e. The summed E-state index contributed by atoms with van der Waals surface area (Å²) in [5.41, 5.74) is -0.145. The molecule has 1 unspecified atom stereocenters. The highest BCUT2D eigenvalue weighted by Gasteiger charge is 2.33. The zero-order valence-corrected chi connectivity index (χ0v) is 11.8. The minimum Gasteiger partial charge on any atom is -0.338 e. The number of nitriles is 1. The number of carbonyl (C=O) groups excluding carboxylic acids is 1. The minimum atomic E-state index is -1.02. The molecule has 0 aliphatic rings. The maximum absolute atomic E-state index is 12.2. The number of hydrogen-bond acceptors (Lipinski definition) is 2. The van der Waals surface area contributed by atoms with Crippen LogP contribution in [0.25, 0.3) is 0 Å². The van der Waals surface area contributed by atoms with Gasteiger partial charge in [-0.15, -0.1) is 0 Å². The van der Waals surface area contributed by atoms with E-state index in [1.54, 1.807) is 31.9 Å². The molecule has 0 heterocycles. The molecule has 0 fully saturated rings. The highest BCUT2D eigenvalue weighted by atomic mass is 35.5. The number of hydrogen-bond donors (Lipinski definition) is 0. The average molecular weight is 265 g/mol. The fourth-order valence-corrected chi connectivity index (χ4v) is 1.98. The van der Waals surface area contributed by atoms with Gasteiger partial charge in [0.2, 0.25) is 5.91 Å². The van der Waals surface area contributed by atoms with Gasteiger partial charge in [-0.05, 0) is 32.4 Å². The van der Waals surface area contributed by atoms with Gasteiger partial charge in [-0.1, -0.05) is 29.8 Å². The van der Waals surface area contributed by atoms with E-state index in [1.807, 2.05) is 31.2 Å². The molecule has 0 radical (unpaired) electrons. The average Bonchev–Trinajstić information content (AvgIpc) is 2.36. The molecule has 96 valence electrons. The summed E-state index contributed by atoms with van der Waals surface area (Å²) in [4.78, 5) is 13.7. The summed E-state index contributed by atoms with van der Waals surface area (Å²) in [7, 11) is 1.69. The van der Waals surface area contributed by atoms with E-state index in [-0.39, 0.29) is 11.9 Å². The molecule has 0 saturated carbocycles. The lowest BCUT2D eigenvalue weighted by Crippen LogP contribution is -2.39. The van der Waals surface area contributed by atoms with E-state index in [0.717, 1.165) is 5.56 Å². The molecule has 0 aliphatic carbocycles. The molecule has 18 heavy (non-hydrogen) atoms. The van der Waals surface area contributed by atoms with Crippen molar-refractivity contribution in [1.29, 1.82) is 5.26 Å². The molecule has 0 aliphatic heterocycles. The van der Waals surface area contributed by atoms with Crippen molar-refractivity contribution in [2.45, 2.75) is 26.8 Å². The Morgan fingerprint density at radius 3 is 2.50 bits per heavy atom. The Hall–Kier alpha value is -1.53. The molecule has 4 heteroatoms. The molecule has 3 nitrogen and oxygen atoms in total.